The molecule has 2 unspecified atom stereocenters. The molecule has 8 heteroatoms. The number of piperazine rings is 1. The van der Waals surface area contributed by atoms with Crippen LogP contribution in [0.4, 0.5) is 0 Å². The molecule has 1 saturated heterocycles. The Morgan fingerprint density at radius 1 is 1.12 bits per heavy atom. The highest BCUT2D eigenvalue weighted by Crippen LogP contribution is 2.12. The molecule has 152 valence electrons. The molecule has 1 heterocycles. The molecule has 1 amide bonds. The summed E-state index contributed by atoms with van der Waals surface area (Å²) < 4.78 is 0. The zero-order chi connectivity index (χ0) is 16.8. The number of carbonyl (C=O) groups is 1. The molecule has 3 N–H and O–H groups in total. The maximum Gasteiger partial charge on any atom is 0.241 e. The van der Waals surface area contributed by atoms with Gasteiger partial charge in [0.25, 0.3) is 0 Å². The van der Waals surface area contributed by atoms with Crippen LogP contribution in [0.2, 0.25) is 0 Å². The van der Waals surface area contributed by atoms with Gasteiger partial charge in [-0.3, -0.25) is 4.79 Å². The van der Waals surface area contributed by atoms with Crippen LogP contribution in [0.5, 0.6) is 0 Å². The number of carbonyl (C=O) groups excluding carboxylic acids is 1. The van der Waals surface area contributed by atoms with Crippen LogP contribution < -0.4 is 11.1 Å². The van der Waals surface area contributed by atoms with Gasteiger partial charge in [0.15, 0.2) is 0 Å². The fourth-order valence-electron chi connectivity index (χ4n) is 2.85. The molecule has 0 aromatic heterocycles. The molecular formula is C18H33Cl3N4O. The lowest BCUT2D eigenvalue weighted by Crippen LogP contribution is -2.47. The molecule has 1 aromatic rings. The molecule has 0 saturated carbocycles. The number of hydrogen-bond donors (Lipinski definition) is 2. The summed E-state index contributed by atoms with van der Waals surface area (Å²) >= 11 is 0. The van der Waals surface area contributed by atoms with Crippen molar-refractivity contribution in [1.82, 2.24) is 15.1 Å². The normalized spacial score (nSPS) is 17.1. The van der Waals surface area contributed by atoms with E-state index in [9.17, 15) is 4.79 Å². The lowest BCUT2D eigenvalue weighted by atomic mass is 10.0. The SMILES string of the molecule is Cc1ccc(C(N)C(=O)NCC(C)CN2CCN(C)CC2)cc1.Cl.Cl.Cl. The zero-order valence-corrected chi connectivity index (χ0v) is 18.3. The Bertz CT molecular complexity index is 508. The highest BCUT2D eigenvalue weighted by molar-refractivity contribution is 5.86. The standard InChI is InChI=1S/C18H30N4O.3ClH/c1-14-4-6-16(7-5-14)17(19)18(23)20-12-15(2)13-22-10-8-21(3)9-11-22;;;/h4-7,15,17H,8-13,19H2,1-3H3,(H,20,23);3*1H. The van der Waals surface area contributed by atoms with E-state index in [-0.39, 0.29) is 43.1 Å². The Balaban J connectivity index is 0. The number of aryl methyl sites for hydroxylation is 1. The Kier molecular flexibility index (Phi) is 14.5. The van der Waals surface area contributed by atoms with Crippen LogP contribution in [0.25, 0.3) is 0 Å². The summed E-state index contributed by atoms with van der Waals surface area (Å²) in [4.78, 5) is 17.0. The largest absolute Gasteiger partial charge is 0.354 e. The van der Waals surface area contributed by atoms with Crippen LogP contribution in [-0.4, -0.2) is 62.0 Å². The molecule has 1 aromatic carbocycles. The van der Waals surface area contributed by atoms with Crippen LogP contribution >= 0.6 is 37.2 Å². The van der Waals surface area contributed by atoms with Gasteiger partial charge in [0, 0.05) is 39.3 Å². The van der Waals surface area contributed by atoms with Crippen molar-refractivity contribution in [2.24, 2.45) is 11.7 Å². The zero-order valence-electron chi connectivity index (χ0n) is 15.8. The quantitative estimate of drug-likeness (QED) is 0.731. The summed E-state index contributed by atoms with van der Waals surface area (Å²) in [6.45, 7) is 10.4. The summed E-state index contributed by atoms with van der Waals surface area (Å²) in [6.07, 6.45) is 0. The fourth-order valence-corrected chi connectivity index (χ4v) is 2.85. The van der Waals surface area contributed by atoms with Crippen LogP contribution in [0, 0.1) is 12.8 Å². The third kappa shape index (κ3) is 8.89. The van der Waals surface area contributed by atoms with Crippen molar-refractivity contribution in [2.75, 3.05) is 46.3 Å². The van der Waals surface area contributed by atoms with E-state index in [1.807, 2.05) is 31.2 Å². The minimum Gasteiger partial charge on any atom is -0.354 e. The second-order valence-electron chi connectivity index (χ2n) is 6.84. The van der Waals surface area contributed by atoms with E-state index < -0.39 is 6.04 Å². The van der Waals surface area contributed by atoms with Crippen LogP contribution in [0.3, 0.4) is 0 Å². The molecule has 0 spiro atoms. The summed E-state index contributed by atoms with van der Waals surface area (Å²) in [5.41, 5.74) is 8.08. The fraction of sp³-hybridized carbons (Fsp3) is 0.611. The molecule has 5 nitrogen and oxygen atoms in total. The molecule has 26 heavy (non-hydrogen) atoms. The van der Waals surface area contributed by atoms with Crippen molar-refractivity contribution in [3.8, 4) is 0 Å². The van der Waals surface area contributed by atoms with Crippen molar-refractivity contribution < 1.29 is 4.79 Å². The van der Waals surface area contributed by atoms with Gasteiger partial charge in [0.05, 0.1) is 0 Å². The van der Waals surface area contributed by atoms with Gasteiger partial charge in [0.2, 0.25) is 5.91 Å². The average Bonchev–Trinajstić information content (AvgIpc) is 2.55. The number of rotatable bonds is 6. The molecule has 0 radical (unpaired) electrons. The maximum absolute atomic E-state index is 12.2. The predicted octanol–water partition coefficient (Wildman–Crippen LogP) is 2.26. The van der Waals surface area contributed by atoms with Gasteiger partial charge in [-0.15, -0.1) is 37.2 Å². The first-order valence-electron chi connectivity index (χ1n) is 8.46. The van der Waals surface area contributed by atoms with Crippen LogP contribution in [0.1, 0.15) is 24.1 Å². The first kappa shape index (κ1) is 27.7. The van der Waals surface area contributed by atoms with Crippen molar-refractivity contribution in [1.29, 1.82) is 0 Å². The Labute approximate surface area is 176 Å². The number of likely N-dealkylation sites (N-methyl/N-ethyl adjacent to an activating group) is 1. The third-order valence-electron chi connectivity index (χ3n) is 4.51. The lowest BCUT2D eigenvalue weighted by Gasteiger charge is -2.34. The smallest absolute Gasteiger partial charge is 0.241 e. The molecule has 1 aliphatic rings. The van der Waals surface area contributed by atoms with E-state index in [1.54, 1.807) is 0 Å². The van der Waals surface area contributed by atoms with Gasteiger partial charge >= 0.3 is 0 Å². The number of hydrogen-bond acceptors (Lipinski definition) is 4. The van der Waals surface area contributed by atoms with E-state index >= 15 is 0 Å². The highest BCUT2D eigenvalue weighted by atomic mass is 35.5. The van der Waals surface area contributed by atoms with E-state index in [0.717, 1.165) is 38.3 Å². The van der Waals surface area contributed by atoms with Gasteiger partial charge in [0.1, 0.15) is 6.04 Å². The topological polar surface area (TPSA) is 61.6 Å². The number of halogens is 3. The molecule has 1 aliphatic heterocycles. The summed E-state index contributed by atoms with van der Waals surface area (Å²) in [7, 11) is 2.16. The van der Waals surface area contributed by atoms with E-state index in [4.69, 9.17) is 5.73 Å². The van der Waals surface area contributed by atoms with Gasteiger partial charge in [-0.1, -0.05) is 36.8 Å². The Morgan fingerprint density at radius 3 is 2.19 bits per heavy atom. The second kappa shape index (κ2) is 13.6. The molecular weight excluding hydrogens is 395 g/mol. The van der Waals surface area contributed by atoms with Gasteiger partial charge in [-0.2, -0.15) is 0 Å². The number of nitrogens with one attached hydrogen (secondary N) is 1. The molecule has 0 aliphatic carbocycles. The van der Waals surface area contributed by atoms with E-state index in [1.165, 1.54) is 5.56 Å². The monoisotopic (exact) mass is 426 g/mol. The summed E-state index contributed by atoms with van der Waals surface area (Å²) in [6, 6.07) is 7.23. The van der Waals surface area contributed by atoms with Crippen LogP contribution in [0.15, 0.2) is 24.3 Å². The van der Waals surface area contributed by atoms with Crippen molar-refractivity contribution >= 4 is 43.1 Å². The number of nitrogens with two attached hydrogens (primary N) is 1. The minimum absolute atomic E-state index is 0. The first-order valence-corrected chi connectivity index (χ1v) is 8.46. The number of benzene rings is 1. The lowest BCUT2D eigenvalue weighted by molar-refractivity contribution is -0.122. The minimum atomic E-state index is -0.591. The van der Waals surface area contributed by atoms with E-state index in [0.29, 0.717) is 12.5 Å². The average molecular weight is 428 g/mol. The highest BCUT2D eigenvalue weighted by Gasteiger charge is 2.19. The van der Waals surface area contributed by atoms with E-state index in [2.05, 4.69) is 29.1 Å². The third-order valence-corrected chi connectivity index (χ3v) is 4.51. The molecule has 1 fully saturated rings. The number of amides is 1. The van der Waals surface area contributed by atoms with Gasteiger partial charge in [-0.05, 0) is 25.5 Å². The van der Waals surface area contributed by atoms with Crippen molar-refractivity contribution in [3.63, 3.8) is 0 Å². The molecule has 2 atom stereocenters. The Morgan fingerprint density at radius 2 is 1.65 bits per heavy atom. The maximum atomic E-state index is 12.2. The van der Waals surface area contributed by atoms with Gasteiger partial charge < -0.3 is 20.9 Å². The van der Waals surface area contributed by atoms with Gasteiger partial charge in [-0.25, -0.2) is 0 Å². The van der Waals surface area contributed by atoms with Crippen molar-refractivity contribution in [3.05, 3.63) is 35.4 Å². The number of nitrogens with zero attached hydrogens (tertiary/aromatic N) is 2. The summed E-state index contributed by atoms with van der Waals surface area (Å²) in [5.74, 6) is 0.326. The van der Waals surface area contributed by atoms with Crippen LogP contribution in [-0.2, 0) is 4.79 Å². The first-order chi connectivity index (χ1) is 11.0. The van der Waals surface area contributed by atoms with Crippen molar-refractivity contribution in [2.45, 2.75) is 19.9 Å². The summed E-state index contributed by atoms with van der Waals surface area (Å²) in [5, 5.41) is 2.99. The molecule has 0 bridgehead atoms. The second-order valence-corrected chi connectivity index (χ2v) is 6.84. The Hall–Kier alpha value is -0.560. The molecule has 2 rings (SSSR count). The predicted molar refractivity (Wildman–Crippen MR) is 116 cm³/mol.